The maximum atomic E-state index is 11.7. The third-order valence-corrected chi connectivity index (χ3v) is 2.62. The van der Waals surface area contributed by atoms with Crippen LogP contribution in [0.25, 0.3) is 0 Å². The second-order valence-electron chi connectivity index (χ2n) is 4.49. The van der Waals surface area contributed by atoms with Gasteiger partial charge in [-0.05, 0) is 12.8 Å². The van der Waals surface area contributed by atoms with E-state index in [1.165, 1.54) is 0 Å². The maximum absolute atomic E-state index is 11.7. The molecule has 18 heavy (non-hydrogen) atoms. The minimum atomic E-state index is -0.937. The first-order chi connectivity index (χ1) is 8.40. The summed E-state index contributed by atoms with van der Waals surface area (Å²) in [5.41, 5.74) is 1.02. The van der Waals surface area contributed by atoms with E-state index in [0.717, 1.165) is 0 Å². The molecule has 1 unspecified atom stereocenters. The molecule has 1 aromatic heterocycles. The smallest absolute Gasteiger partial charge is 0.305 e. The van der Waals surface area contributed by atoms with Crippen LogP contribution in [0.1, 0.15) is 31.7 Å². The molecule has 0 aromatic carbocycles. The number of aromatic nitrogens is 2. The minimum absolute atomic E-state index is 0.0399. The summed E-state index contributed by atoms with van der Waals surface area (Å²) in [5, 5.41) is 18.6. The molecule has 2 N–H and O–H groups in total. The molecule has 0 aliphatic heterocycles. The van der Waals surface area contributed by atoms with Crippen LogP contribution in [-0.2, 0) is 16.0 Å². The van der Waals surface area contributed by atoms with Gasteiger partial charge in [-0.3, -0.25) is 9.59 Å². The molecule has 0 fully saturated rings. The zero-order chi connectivity index (χ0) is 13.7. The number of hydrogen-bond donors (Lipinski definition) is 2. The highest BCUT2D eigenvalue weighted by molar-refractivity contribution is 5.79. The topological polar surface area (TPSA) is 105 Å². The van der Waals surface area contributed by atoms with Crippen LogP contribution in [0.2, 0.25) is 0 Å². The van der Waals surface area contributed by atoms with E-state index < -0.39 is 12.0 Å². The molecule has 1 heterocycles. The second kappa shape index (κ2) is 6.13. The van der Waals surface area contributed by atoms with Gasteiger partial charge in [0, 0.05) is 6.04 Å². The zero-order valence-electron chi connectivity index (χ0n) is 10.6. The summed E-state index contributed by atoms with van der Waals surface area (Å²) < 4.78 is 4.49. The SMILES string of the molecule is Cc1nonc1CC(=O)NC(CC(=O)O)C(C)C. The molecule has 1 rings (SSSR count). The van der Waals surface area contributed by atoms with Gasteiger partial charge in [0.25, 0.3) is 0 Å². The predicted octanol–water partition coefficient (Wildman–Crippen LogP) is 0.536. The molecule has 0 saturated carbocycles. The lowest BCUT2D eigenvalue weighted by molar-refractivity contribution is -0.138. The number of amides is 1. The number of aliphatic carboxylic acids is 1. The largest absolute Gasteiger partial charge is 0.481 e. The first kappa shape index (κ1) is 14.1. The van der Waals surface area contributed by atoms with Crippen LogP contribution in [0.15, 0.2) is 4.63 Å². The van der Waals surface area contributed by atoms with Crippen molar-refractivity contribution in [1.82, 2.24) is 15.6 Å². The Hall–Kier alpha value is -1.92. The molecule has 0 aliphatic carbocycles. The molecule has 0 bridgehead atoms. The fraction of sp³-hybridized carbons (Fsp3) is 0.636. The summed E-state index contributed by atoms with van der Waals surface area (Å²) in [6.45, 7) is 5.41. The van der Waals surface area contributed by atoms with Crippen molar-refractivity contribution < 1.29 is 19.3 Å². The van der Waals surface area contributed by atoms with Gasteiger partial charge >= 0.3 is 5.97 Å². The summed E-state index contributed by atoms with van der Waals surface area (Å²) in [7, 11) is 0. The van der Waals surface area contributed by atoms with Gasteiger partial charge in [-0.25, -0.2) is 4.63 Å². The Balaban J connectivity index is 2.56. The van der Waals surface area contributed by atoms with Crippen LogP contribution in [-0.4, -0.2) is 33.3 Å². The normalized spacial score (nSPS) is 12.4. The molecule has 0 radical (unpaired) electrons. The minimum Gasteiger partial charge on any atom is -0.481 e. The van der Waals surface area contributed by atoms with Crippen molar-refractivity contribution in [2.75, 3.05) is 0 Å². The van der Waals surface area contributed by atoms with Gasteiger partial charge in [-0.2, -0.15) is 0 Å². The molecular weight excluding hydrogens is 238 g/mol. The molecule has 1 amide bonds. The van der Waals surface area contributed by atoms with Crippen molar-refractivity contribution in [3.05, 3.63) is 11.4 Å². The number of hydrogen-bond acceptors (Lipinski definition) is 5. The molecule has 1 atom stereocenters. The van der Waals surface area contributed by atoms with Crippen molar-refractivity contribution >= 4 is 11.9 Å². The average Bonchev–Trinajstić information content (AvgIpc) is 2.62. The van der Waals surface area contributed by atoms with Gasteiger partial charge < -0.3 is 10.4 Å². The Kier molecular flexibility index (Phi) is 4.82. The van der Waals surface area contributed by atoms with Gasteiger partial charge in [-0.1, -0.05) is 24.2 Å². The van der Waals surface area contributed by atoms with Crippen LogP contribution in [0.3, 0.4) is 0 Å². The van der Waals surface area contributed by atoms with E-state index in [1.807, 2.05) is 13.8 Å². The van der Waals surface area contributed by atoms with Gasteiger partial charge in [0.1, 0.15) is 11.4 Å². The highest BCUT2D eigenvalue weighted by Gasteiger charge is 2.20. The highest BCUT2D eigenvalue weighted by atomic mass is 16.6. The van der Waals surface area contributed by atoms with Gasteiger partial charge in [-0.15, -0.1) is 0 Å². The third-order valence-electron chi connectivity index (χ3n) is 2.62. The third kappa shape index (κ3) is 4.15. The molecule has 100 valence electrons. The number of aryl methyl sites for hydroxylation is 1. The van der Waals surface area contributed by atoms with E-state index in [-0.39, 0.29) is 24.7 Å². The molecule has 1 aromatic rings. The fourth-order valence-corrected chi connectivity index (χ4v) is 1.46. The number of nitrogens with zero attached hydrogens (tertiary/aromatic N) is 2. The lowest BCUT2D eigenvalue weighted by Crippen LogP contribution is -2.40. The van der Waals surface area contributed by atoms with Crippen LogP contribution in [0.5, 0.6) is 0 Å². The van der Waals surface area contributed by atoms with E-state index in [1.54, 1.807) is 6.92 Å². The lowest BCUT2D eigenvalue weighted by atomic mass is 10.0. The van der Waals surface area contributed by atoms with Crippen molar-refractivity contribution in [3.63, 3.8) is 0 Å². The van der Waals surface area contributed by atoms with Crippen LogP contribution in [0.4, 0.5) is 0 Å². The quantitative estimate of drug-likeness (QED) is 0.768. The van der Waals surface area contributed by atoms with Crippen molar-refractivity contribution in [3.8, 4) is 0 Å². The van der Waals surface area contributed by atoms with Gasteiger partial charge in [0.2, 0.25) is 5.91 Å². The zero-order valence-corrected chi connectivity index (χ0v) is 10.6. The average molecular weight is 255 g/mol. The predicted molar refractivity (Wildman–Crippen MR) is 61.8 cm³/mol. The van der Waals surface area contributed by atoms with E-state index in [4.69, 9.17) is 5.11 Å². The van der Waals surface area contributed by atoms with Crippen molar-refractivity contribution in [2.24, 2.45) is 5.92 Å². The molecule has 7 nitrogen and oxygen atoms in total. The first-order valence-electron chi connectivity index (χ1n) is 5.69. The number of carbonyl (C=O) groups is 2. The highest BCUT2D eigenvalue weighted by Crippen LogP contribution is 2.07. The Morgan fingerprint density at radius 1 is 1.39 bits per heavy atom. The lowest BCUT2D eigenvalue weighted by Gasteiger charge is -2.20. The summed E-state index contributed by atoms with van der Waals surface area (Å²) >= 11 is 0. The second-order valence-corrected chi connectivity index (χ2v) is 4.49. The summed E-state index contributed by atoms with van der Waals surface area (Å²) in [6.07, 6.45) is -0.0579. The van der Waals surface area contributed by atoms with Crippen LogP contribution >= 0.6 is 0 Å². The van der Waals surface area contributed by atoms with Crippen LogP contribution < -0.4 is 5.32 Å². The van der Waals surface area contributed by atoms with E-state index in [2.05, 4.69) is 20.3 Å². The van der Waals surface area contributed by atoms with E-state index in [0.29, 0.717) is 11.4 Å². The molecular formula is C11H17N3O4. The standard InChI is InChI=1S/C11H17N3O4/c1-6(2)8(5-11(16)17)12-10(15)4-9-7(3)13-18-14-9/h6,8H,4-5H2,1-3H3,(H,12,15)(H,16,17). The molecule has 7 heteroatoms. The van der Waals surface area contributed by atoms with Crippen LogP contribution in [0, 0.1) is 12.8 Å². The Morgan fingerprint density at radius 2 is 2.06 bits per heavy atom. The maximum Gasteiger partial charge on any atom is 0.305 e. The number of rotatable bonds is 6. The number of carboxylic acids is 1. The summed E-state index contributed by atoms with van der Waals surface area (Å²) in [5.74, 6) is -1.18. The number of carboxylic acid groups (broad SMARTS) is 1. The molecule has 0 aliphatic rings. The van der Waals surface area contributed by atoms with Crippen molar-refractivity contribution in [2.45, 2.75) is 39.7 Å². The Bertz CT molecular complexity index is 428. The monoisotopic (exact) mass is 255 g/mol. The molecule has 0 spiro atoms. The first-order valence-corrected chi connectivity index (χ1v) is 5.69. The van der Waals surface area contributed by atoms with E-state index >= 15 is 0 Å². The Morgan fingerprint density at radius 3 is 2.50 bits per heavy atom. The summed E-state index contributed by atoms with van der Waals surface area (Å²) in [6, 6.07) is -0.393. The summed E-state index contributed by atoms with van der Waals surface area (Å²) in [4.78, 5) is 22.4. The van der Waals surface area contributed by atoms with Gasteiger partial charge in [0.05, 0.1) is 12.8 Å². The van der Waals surface area contributed by atoms with Crippen molar-refractivity contribution in [1.29, 1.82) is 0 Å². The Labute approximate surface area is 105 Å². The fourth-order valence-electron chi connectivity index (χ4n) is 1.46. The van der Waals surface area contributed by atoms with E-state index in [9.17, 15) is 9.59 Å². The number of nitrogens with one attached hydrogen (secondary N) is 1. The van der Waals surface area contributed by atoms with Gasteiger partial charge in [0.15, 0.2) is 0 Å². The molecule has 0 saturated heterocycles. The number of carbonyl (C=O) groups excluding carboxylic acids is 1.